The number of hydrogen-bond acceptors (Lipinski definition) is 4. The molecule has 1 amide bonds. The van der Waals surface area contributed by atoms with Crippen molar-refractivity contribution >= 4 is 17.4 Å². The monoisotopic (exact) mass is 292 g/mol. The summed E-state index contributed by atoms with van der Waals surface area (Å²) in [5, 5.41) is 19.6. The van der Waals surface area contributed by atoms with Crippen LogP contribution in [0.5, 0.6) is 0 Å². The van der Waals surface area contributed by atoms with E-state index in [2.05, 4.69) is 15.5 Å². The molecule has 21 heavy (non-hydrogen) atoms. The number of benzene rings is 1. The SMILES string of the molecule is CC(C)c1cc(NC(=O)c2ccc([N+](=O)[O-])cc2F)n[nH]1. The summed E-state index contributed by atoms with van der Waals surface area (Å²) in [7, 11) is 0. The van der Waals surface area contributed by atoms with E-state index in [-0.39, 0.29) is 17.3 Å². The predicted octanol–water partition coefficient (Wildman–Crippen LogP) is 2.83. The zero-order chi connectivity index (χ0) is 15.6. The number of H-pyrrole nitrogens is 1. The molecule has 1 heterocycles. The molecule has 0 aliphatic heterocycles. The standard InChI is InChI=1S/C13H13FN4O3/c1-7(2)11-6-12(17-16-11)15-13(19)9-4-3-8(18(20)21)5-10(9)14/h3-7H,1-2H3,(H2,15,16,17,19). The number of aromatic amines is 1. The van der Waals surface area contributed by atoms with Crippen molar-refractivity contribution in [2.75, 3.05) is 5.32 Å². The molecule has 2 aromatic rings. The fourth-order valence-corrected chi connectivity index (χ4v) is 1.68. The summed E-state index contributed by atoms with van der Waals surface area (Å²) < 4.78 is 13.7. The Morgan fingerprint density at radius 1 is 1.43 bits per heavy atom. The number of nitrogens with zero attached hydrogens (tertiary/aromatic N) is 2. The van der Waals surface area contributed by atoms with Gasteiger partial charge in [0, 0.05) is 17.8 Å². The molecule has 2 N–H and O–H groups in total. The second-order valence-electron chi connectivity index (χ2n) is 4.74. The van der Waals surface area contributed by atoms with Crippen molar-refractivity contribution in [1.29, 1.82) is 0 Å². The summed E-state index contributed by atoms with van der Waals surface area (Å²) in [5.41, 5.74) is 0.134. The van der Waals surface area contributed by atoms with Crippen LogP contribution in [0.1, 0.15) is 35.8 Å². The number of nitro benzene ring substituents is 1. The van der Waals surface area contributed by atoms with Gasteiger partial charge in [0.2, 0.25) is 0 Å². The molecular formula is C13H13FN4O3. The Hall–Kier alpha value is -2.77. The highest BCUT2D eigenvalue weighted by Gasteiger charge is 2.17. The van der Waals surface area contributed by atoms with E-state index in [1.54, 1.807) is 6.07 Å². The topological polar surface area (TPSA) is 101 Å². The molecular weight excluding hydrogens is 279 g/mol. The minimum absolute atomic E-state index is 0.208. The van der Waals surface area contributed by atoms with Gasteiger partial charge in [0.05, 0.1) is 16.6 Å². The van der Waals surface area contributed by atoms with Gasteiger partial charge in [-0.15, -0.1) is 0 Å². The summed E-state index contributed by atoms with van der Waals surface area (Å²) >= 11 is 0. The minimum atomic E-state index is -0.957. The molecule has 1 aromatic heterocycles. The maximum Gasteiger partial charge on any atom is 0.272 e. The van der Waals surface area contributed by atoms with Gasteiger partial charge >= 0.3 is 0 Å². The third-order valence-corrected chi connectivity index (χ3v) is 2.87. The first-order chi connectivity index (χ1) is 9.88. The number of carbonyl (C=O) groups is 1. The molecule has 110 valence electrons. The Kier molecular flexibility index (Phi) is 3.97. The largest absolute Gasteiger partial charge is 0.305 e. The number of aromatic nitrogens is 2. The molecule has 0 aliphatic rings. The molecule has 0 unspecified atom stereocenters. The second kappa shape index (κ2) is 5.70. The van der Waals surface area contributed by atoms with Gasteiger partial charge in [0.1, 0.15) is 5.82 Å². The van der Waals surface area contributed by atoms with Gasteiger partial charge < -0.3 is 5.32 Å². The van der Waals surface area contributed by atoms with E-state index in [0.29, 0.717) is 6.07 Å². The average molecular weight is 292 g/mol. The zero-order valence-electron chi connectivity index (χ0n) is 11.4. The van der Waals surface area contributed by atoms with Gasteiger partial charge in [-0.1, -0.05) is 13.8 Å². The number of amides is 1. The quantitative estimate of drug-likeness (QED) is 0.668. The number of hydrogen-bond donors (Lipinski definition) is 2. The van der Waals surface area contributed by atoms with Crippen LogP contribution in [0.4, 0.5) is 15.9 Å². The minimum Gasteiger partial charge on any atom is -0.305 e. The van der Waals surface area contributed by atoms with Crippen LogP contribution in [-0.4, -0.2) is 21.0 Å². The Balaban J connectivity index is 2.18. The lowest BCUT2D eigenvalue weighted by Gasteiger charge is -2.03. The first-order valence-corrected chi connectivity index (χ1v) is 6.19. The number of carbonyl (C=O) groups excluding carboxylic acids is 1. The van der Waals surface area contributed by atoms with E-state index in [4.69, 9.17) is 0 Å². The maximum absolute atomic E-state index is 13.7. The number of rotatable bonds is 4. The normalized spacial score (nSPS) is 10.7. The van der Waals surface area contributed by atoms with Gasteiger partial charge in [-0.3, -0.25) is 20.0 Å². The summed E-state index contributed by atoms with van der Waals surface area (Å²) in [4.78, 5) is 21.7. The molecule has 7 nitrogen and oxygen atoms in total. The highest BCUT2D eigenvalue weighted by atomic mass is 19.1. The number of nitrogens with one attached hydrogen (secondary N) is 2. The lowest BCUT2D eigenvalue weighted by atomic mass is 10.1. The van der Waals surface area contributed by atoms with Gasteiger partial charge in [-0.2, -0.15) is 5.10 Å². The summed E-state index contributed by atoms with van der Waals surface area (Å²) in [6.07, 6.45) is 0. The Labute approximate surface area is 119 Å². The fraction of sp³-hybridized carbons (Fsp3) is 0.231. The molecule has 0 fully saturated rings. The van der Waals surface area contributed by atoms with Crippen molar-refractivity contribution in [3.8, 4) is 0 Å². The summed E-state index contributed by atoms with van der Waals surface area (Å²) in [6.45, 7) is 3.91. The third kappa shape index (κ3) is 3.22. The molecule has 0 aliphatic carbocycles. The summed E-state index contributed by atoms with van der Waals surface area (Å²) in [6, 6.07) is 4.49. The van der Waals surface area contributed by atoms with E-state index in [1.807, 2.05) is 13.8 Å². The highest BCUT2D eigenvalue weighted by molar-refractivity contribution is 6.04. The van der Waals surface area contributed by atoms with Crippen LogP contribution in [0.25, 0.3) is 0 Å². The van der Waals surface area contributed by atoms with Crippen LogP contribution < -0.4 is 5.32 Å². The van der Waals surface area contributed by atoms with Crippen molar-refractivity contribution in [3.63, 3.8) is 0 Å². The number of nitro groups is 1. The lowest BCUT2D eigenvalue weighted by molar-refractivity contribution is -0.385. The Bertz CT molecular complexity index is 696. The molecule has 0 bridgehead atoms. The van der Waals surface area contributed by atoms with E-state index in [1.165, 1.54) is 0 Å². The van der Waals surface area contributed by atoms with E-state index >= 15 is 0 Å². The van der Waals surface area contributed by atoms with Crippen LogP contribution in [0, 0.1) is 15.9 Å². The van der Waals surface area contributed by atoms with Crippen molar-refractivity contribution in [2.24, 2.45) is 0 Å². The summed E-state index contributed by atoms with van der Waals surface area (Å²) in [5.74, 6) is -1.20. The Morgan fingerprint density at radius 2 is 2.14 bits per heavy atom. The van der Waals surface area contributed by atoms with E-state index in [9.17, 15) is 19.3 Å². The fourth-order valence-electron chi connectivity index (χ4n) is 1.68. The molecule has 2 rings (SSSR count). The lowest BCUT2D eigenvalue weighted by Crippen LogP contribution is -2.14. The molecule has 0 atom stereocenters. The number of anilines is 1. The maximum atomic E-state index is 13.7. The van der Waals surface area contributed by atoms with Gasteiger partial charge in [0.25, 0.3) is 11.6 Å². The molecule has 1 aromatic carbocycles. The van der Waals surface area contributed by atoms with Crippen LogP contribution in [-0.2, 0) is 0 Å². The van der Waals surface area contributed by atoms with Gasteiger partial charge in [-0.05, 0) is 12.0 Å². The first kappa shape index (κ1) is 14.6. The zero-order valence-corrected chi connectivity index (χ0v) is 11.4. The van der Waals surface area contributed by atoms with Crippen LogP contribution in [0.15, 0.2) is 24.3 Å². The van der Waals surface area contributed by atoms with E-state index in [0.717, 1.165) is 17.8 Å². The van der Waals surface area contributed by atoms with Crippen molar-refractivity contribution in [1.82, 2.24) is 10.2 Å². The molecule has 0 radical (unpaired) electrons. The van der Waals surface area contributed by atoms with Gasteiger partial charge in [0.15, 0.2) is 5.82 Å². The Morgan fingerprint density at radius 3 is 2.67 bits per heavy atom. The molecule has 0 spiro atoms. The average Bonchev–Trinajstić information content (AvgIpc) is 2.87. The smallest absolute Gasteiger partial charge is 0.272 e. The second-order valence-corrected chi connectivity index (χ2v) is 4.74. The van der Waals surface area contributed by atoms with E-state index < -0.39 is 22.3 Å². The third-order valence-electron chi connectivity index (χ3n) is 2.87. The van der Waals surface area contributed by atoms with Crippen molar-refractivity contribution in [2.45, 2.75) is 19.8 Å². The van der Waals surface area contributed by atoms with Crippen molar-refractivity contribution in [3.05, 3.63) is 51.5 Å². The van der Waals surface area contributed by atoms with Gasteiger partial charge in [-0.25, -0.2) is 4.39 Å². The first-order valence-electron chi connectivity index (χ1n) is 6.19. The molecule has 0 saturated carbocycles. The van der Waals surface area contributed by atoms with Crippen LogP contribution >= 0.6 is 0 Å². The molecule has 0 saturated heterocycles. The van der Waals surface area contributed by atoms with Crippen LogP contribution in [0.3, 0.4) is 0 Å². The van der Waals surface area contributed by atoms with Crippen molar-refractivity contribution < 1.29 is 14.1 Å². The highest BCUT2D eigenvalue weighted by Crippen LogP contribution is 2.19. The molecule has 8 heteroatoms. The number of non-ortho nitro benzene ring substituents is 1. The predicted molar refractivity (Wildman–Crippen MR) is 73.7 cm³/mol. The van der Waals surface area contributed by atoms with Crippen LogP contribution in [0.2, 0.25) is 0 Å². The number of halogens is 1.